The standard InChI is InChI=1S/C17H16ClFN2O3/c1-9-16(20-2)14(11-6-5-10(19)7-12(11)18)15(17(22)24-4)13(21-9)8-23-3/h5-7,14,16H,8H2,1,3-4H3. The van der Waals surface area contributed by atoms with Gasteiger partial charge in [-0.1, -0.05) is 17.7 Å². The molecule has 0 bridgehead atoms. The molecule has 1 aromatic carbocycles. The first-order valence-corrected chi connectivity index (χ1v) is 7.49. The molecule has 0 aromatic heterocycles. The van der Waals surface area contributed by atoms with E-state index in [0.717, 1.165) is 6.07 Å². The van der Waals surface area contributed by atoms with Crippen molar-refractivity contribution in [3.63, 3.8) is 0 Å². The highest BCUT2D eigenvalue weighted by atomic mass is 35.5. The SMILES string of the molecule is [C-]#[N+]C1C(C)=NC(COC)=C(C(=O)OC)C1c1ccc(F)cc1Cl. The number of halogens is 2. The van der Waals surface area contributed by atoms with Gasteiger partial charge in [0.05, 0.1) is 30.7 Å². The lowest BCUT2D eigenvalue weighted by atomic mass is 9.80. The van der Waals surface area contributed by atoms with E-state index < -0.39 is 23.7 Å². The summed E-state index contributed by atoms with van der Waals surface area (Å²) >= 11 is 6.18. The molecule has 1 aromatic rings. The highest BCUT2D eigenvalue weighted by Crippen LogP contribution is 2.40. The van der Waals surface area contributed by atoms with E-state index in [0.29, 0.717) is 17.0 Å². The number of methoxy groups -OCH3 is 2. The zero-order chi connectivity index (χ0) is 17.9. The smallest absolute Gasteiger partial charge is 0.336 e. The predicted octanol–water partition coefficient (Wildman–Crippen LogP) is 3.40. The van der Waals surface area contributed by atoms with Crippen molar-refractivity contribution in [2.24, 2.45) is 4.99 Å². The van der Waals surface area contributed by atoms with Gasteiger partial charge in [-0.15, -0.1) is 0 Å². The van der Waals surface area contributed by atoms with Gasteiger partial charge in [0.15, 0.2) is 0 Å². The molecule has 0 aliphatic carbocycles. The average molecular weight is 351 g/mol. The van der Waals surface area contributed by atoms with Crippen LogP contribution in [-0.2, 0) is 14.3 Å². The van der Waals surface area contributed by atoms with Crippen molar-refractivity contribution in [2.45, 2.75) is 18.9 Å². The number of aliphatic imine (C=N–C) groups is 1. The summed E-state index contributed by atoms with van der Waals surface area (Å²) < 4.78 is 23.4. The molecule has 5 nitrogen and oxygen atoms in total. The minimum Gasteiger partial charge on any atom is -0.466 e. The minimum atomic E-state index is -0.734. The van der Waals surface area contributed by atoms with Gasteiger partial charge in [-0.25, -0.2) is 15.8 Å². The highest BCUT2D eigenvalue weighted by Gasteiger charge is 2.43. The maximum absolute atomic E-state index is 13.4. The van der Waals surface area contributed by atoms with Crippen molar-refractivity contribution in [3.05, 3.63) is 57.3 Å². The van der Waals surface area contributed by atoms with Gasteiger partial charge in [-0.2, -0.15) is 0 Å². The third-order valence-corrected chi connectivity index (χ3v) is 4.13. The van der Waals surface area contributed by atoms with E-state index in [1.165, 1.54) is 26.4 Å². The first kappa shape index (κ1) is 18.1. The summed E-state index contributed by atoms with van der Waals surface area (Å²) in [4.78, 5) is 20.3. The van der Waals surface area contributed by atoms with Crippen molar-refractivity contribution in [2.75, 3.05) is 20.8 Å². The van der Waals surface area contributed by atoms with Crippen molar-refractivity contribution in [1.82, 2.24) is 0 Å². The fraction of sp³-hybridized carbons (Fsp3) is 0.353. The van der Waals surface area contributed by atoms with E-state index in [2.05, 4.69) is 9.84 Å². The number of carbonyl (C=O) groups is 1. The largest absolute Gasteiger partial charge is 0.466 e. The number of hydrogen-bond donors (Lipinski definition) is 0. The summed E-state index contributed by atoms with van der Waals surface area (Å²) in [5.41, 5.74) is 1.60. The van der Waals surface area contributed by atoms with E-state index in [4.69, 9.17) is 27.6 Å². The lowest BCUT2D eigenvalue weighted by Gasteiger charge is -2.27. The van der Waals surface area contributed by atoms with Crippen LogP contribution < -0.4 is 0 Å². The van der Waals surface area contributed by atoms with Crippen LogP contribution in [0.1, 0.15) is 18.4 Å². The number of carbonyl (C=O) groups excluding carboxylic acids is 1. The number of rotatable bonds is 4. The second-order valence-corrected chi connectivity index (χ2v) is 5.66. The molecule has 1 aliphatic heterocycles. The fourth-order valence-corrected chi connectivity index (χ4v) is 3.05. The first-order chi connectivity index (χ1) is 11.4. The fourth-order valence-electron chi connectivity index (χ4n) is 2.77. The Hall–Kier alpha value is -2.23. The third kappa shape index (κ3) is 3.32. The van der Waals surface area contributed by atoms with E-state index in [9.17, 15) is 9.18 Å². The molecule has 2 unspecified atom stereocenters. The molecule has 1 aliphatic rings. The molecule has 0 fully saturated rings. The Balaban J connectivity index is 2.72. The highest BCUT2D eigenvalue weighted by molar-refractivity contribution is 6.31. The summed E-state index contributed by atoms with van der Waals surface area (Å²) in [5.74, 6) is -1.81. The number of benzene rings is 1. The lowest BCUT2D eigenvalue weighted by Crippen LogP contribution is -2.33. The van der Waals surface area contributed by atoms with Crippen LogP contribution in [0.3, 0.4) is 0 Å². The van der Waals surface area contributed by atoms with E-state index in [1.807, 2.05) is 0 Å². The van der Waals surface area contributed by atoms with Crippen LogP contribution in [0, 0.1) is 12.4 Å². The predicted molar refractivity (Wildman–Crippen MR) is 88.6 cm³/mol. The summed E-state index contributed by atoms with van der Waals surface area (Å²) in [6.45, 7) is 9.29. The van der Waals surface area contributed by atoms with Crippen LogP contribution in [0.2, 0.25) is 5.02 Å². The Morgan fingerprint density at radius 2 is 2.17 bits per heavy atom. The number of nitrogens with zero attached hydrogens (tertiary/aromatic N) is 2. The van der Waals surface area contributed by atoms with Gasteiger partial charge in [0, 0.05) is 12.1 Å². The zero-order valence-corrected chi connectivity index (χ0v) is 14.2. The topological polar surface area (TPSA) is 52.2 Å². The quantitative estimate of drug-likeness (QED) is 0.617. The summed E-state index contributed by atoms with van der Waals surface area (Å²) in [6, 6.07) is 3.15. The minimum absolute atomic E-state index is 0.0851. The van der Waals surface area contributed by atoms with Gasteiger partial charge in [-0.3, -0.25) is 4.99 Å². The summed E-state index contributed by atoms with van der Waals surface area (Å²) in [6.07, 6.45) is 0. The van der Waals surface area contributed by atoms with Crippen LogP contribution in [0.5, 0.6) is 0 Å². The average Bonchev–Trinajstić information content (AvgIpc) is 2.54. The van der Waals surface area contributed by atoms with Gasteiger partial charge < -0.3 is 14.3 Å². The third-order valence-electron chi connectivity index (χ3n) is 3.80. The Kier molecular flexibility index (Phi) is 5.71. The number of ether oxygens (including phenoxy) is 2. The zero-order valence-electron chi connectivity index (χ0n) is 13.5. The molecular weight excluding hydrogens is 335 g/mol. The monoisotopic (exact) mass is 350 g/mol. The Labute approximate surface area is 144 Å². The Morgan fingerprint density at radius 3 is 2.71 bits per heavy atom. The van der Waals surface area contributed by atoms with Crippen molar-refractivity contribution >= 4 is 23.3 Å². The molecule has 126 valence electrons. The molecule has 0 saturated carbocycles. The molecule has 0 spiro atoms. The van der Waals surface area contributed by atoms with Gasteiger partial charge >= 0.3 is 5.97 Å². The Morgan fingerprint density at radius 1 is 1.46 bits per heavy atom. The van der Waals surface area contributed by atoms with E-state index in [1.54, 1.807) is 6.92 Å². The summed E-state index contributed by atoms with van der Waals surface area (Å²) in [5, 5.41) is 0.140. The molecule has 2 atom stereocenters. The van der Waals surface area contributed by atoms with Gasteiger partial charge in [0.1, 0.15) is 11.7 Å². The molecule has 7 heteroatoms. The first-order valence-electron chi connectivity index (χ1n) is 7.11. The molecule has 0 amide bonds. The van der Waals surface area contributed by atoms with Gasteiger partial charge in [-0.05, 0) is 24.6 Å². The van der Waals surface area contributed by atoms with Crippen LogP contribution in [0.4, 0.5) is 4.39 Å². The molecule has 24 heavy (non-hydrogen) atoms. The van der Waals surface area contributed by atoms with Crippen LogP contribution in [0.15, 0.2) is 34.5 Å². The normalized spacial score (nSPS) is 20.4. The lowest BCUT2D eigenvalue weighted by molar-refractivity contribution is -0.136. The molecule has 0 saturated heterocycles. The maximum atomic E-state index is 13.4. The van der Waals surface area contributed by atoms with E-state index >= 15 is 0 Å². The molecule has 2 rings (SSSR count). The van der Waals surface area contributed by atoms with Crippen molar-refractivity contribution < 1.29 is 18.7 Å². The number of esters is 1. The van der Waals surface area contributed by atoms with E-state index in [-0.39, 0.29) is 17.2 Å². The van der Waals surface area contributed by atoms with Gasteiger partial charge in [0.2, 0.25) is 0 Å². The second kappa shape index (κ2) is 7.56. The molecule has 0 radical (unpaired) electrons. The van der Waals surface area contributed by atoms with Crippen LogP contribution >= 0.6 is 11.6 Å². The van der Waals surface area contributed by atoms with Crippen molar-refractivity contribution in [1.29, 1.82) is 0 Å². The van der Waals surface area contributed by atoms with Gasteiger partial charge in [0.25, 0.3) is 6.04 Å². The second-order valence-electron chi connectivity index (χ2n) is 5.26. The maximum Gasteiger partial charge on any atom is 0.336 e. The molecular formula is C17H16ClFN2O3. The summed E-state index contributed by atoms with van der Waals surface area (Å²) in [7, 11) is 2.73. The van der Waals surface area contributed by atoms with Crippen LogP contribution in [0.25, 0.3) is 4.85 Å². The Bertz CT molecular complexity index is 768. The number of hydrogen-bond acceptors (Lipinski definition) is 4. The van der Waals surface area contributed by atoms with Crippen molar-refractivity contribution in [3.8, 4) is 0 Å². The molecule has 1 heterocycles. The van der Waals surface area contributed by atoms with Crippen LogP contribution in [-0.4, -0.2) is 38.5 Å². The molecule has 0 N–H and O–H groups in total.